The summed E-state index contributed by atoms with van der Waals surface area (Å²) in [6.07, 6.45) is 0.361. The average Bonchev–Trinajstić information content (AvgIpc) is 2.70. The number of carbonyl (C=O) groups excluding carboxylic acids is 2. The van der Waals surface area contributed by atoms with Gasteiger partial charge in [-0.15, -0.1) is 0 Å². The Labute approximate surface area is 171 Å². The molecule has 0 aliphatic carbocycles. The van der Waals surface area contributed by atoms with Crippen molar-refractivity contribution in [3.63, 3.8) is 0 Å². The van der Waals surface area contributed by atoms with E-state index in [2.05, 4.69) is 5.32 Å². The average molecular weight is 396 g/mol. The maximum absolute atomic E-state index is 12.7. The van der Waals surface area contributed by atoms with Crippen molar-refractivity contribution >= 4 is 17.5 Å². The van der Waals surface area contributed by atoms with Crippen molar-refractivity contribution in [2.24, 2.45) is 0 Å². The summed E-state index contributed by atoms with van der Waals surface area (Å²) in [7, 11) is 0. The molecule has 0 saturated heterocycles. The molecule has 2 aromatic carbocycles. The third kappa shape index (κ3) is 5.73. The fourth-order valence-corrected chi connectivity index (χ4v) is 3.23. The number of para-hydroxylation sites is 2. The van der Waals surface area contributed by atoms with E-state index in [9.17, 15) is 9.59 Å². The number of amides is 2. The van der Waals surface area contributed by atoms with Crippen LogP contribution in [0.25, 0.3) is 0 Å². The van der Waals surface area contributed by atoms with Crippen molar-refractivity contribution in [2.45, 2.75) is 52.4 Å². The van der Waals surface area contributed by atoms with E-state index in [1.54, 1.807) is 4.90 Å². The number of nitrogens with zero attached hydrogens (tertiary/aromatic N) is 1. The standard InChI is InChI=1S/C23H28N2O4/c1-16(2)28-19-10-8-18(9-11-19)14-24-22(26)12-13-23(27)25-15-17(3)29-21-7-5-4-6-20(21)25/h4-11,16-17H,12-15H2,1-3H3,(H,24,26)/t17-/m0/s1. The number of fused-ring (bicyclic) bond motifs is 1. The number of hydrogen-bond donors (Lipinski definition) is 1. The summed E-state index contributed by atoms with van der Waals surface area (Å²) in [5.41, 5.74) is 1.75. The summed E-state index contributed by atoms with van der Waals surface area (Å²) in [6, 6.07) is 15.1. The second-order valence-electron chi connectivity index (χ2n) is 7.49. The van der Waals surface area contributed by atoms with Gasteiger partial charge in [-0.25, -0.2) is 0 Å². The van der Waals surface area contributed by atoms with Gasteiger partial charge in [-0.05, 0) is 50.6 Å². The van der Waals surface area contributed by atoms with E-state index in [4.69, 9.17) is 9.47 Å². The van der Waals surface area contributed by atoms with Gasteiger partial charge >= 0.3 is 0 Å². The first-order chi connectivity index (χ1) is 13.9. The van der Waals surface area contributed by atoms with Crippen LogP contribution in [0.1, 0.15) is 39.2 Å². The van der Waals surface area contributed by atoms with E-state index < -0.39 is 0 Å². The molecule has 0 fully saturated rings. The second-order valence-corrected chi connectivity index (χ2v) is 7.49. The Kier molecular flexibility index (Phi) is 6.75. The summed E-state index contributed by atoms with van der Waals surface area (Å²) >= 11 is 0. The minimum absolute atomic E-state index is 0.0714. The van der Waals surface area contributed by atoms with Gasteiger partial charge in [0.05, 0.1) is 18.3 Å². The lowest BCUT2D eigenvalue weighted by atomic mass is 10.1. The van der Waals surface area contributed by atoms with Crippen LogP contribution in [0.3, 0.4) is 0 Å². The van der Waals surface area contributed by atoms with Crippen LogP contribution in [0.4, 0.5) is 5.69 Å². The van der Waals surface area contributed by atoms with Gasteiger partial charge in [0.25, 0.3) is 0 Å². The quantitative estimate of drug-likeness (QED) is 0.775. The molecule has 6 heteroatoms. The van der Waals surface area contributed by atoms with Crippen LogP contribution < -0.4 is 19.7 Å². The molecule has 0 bridgehead atoms. The zero-order valence-electron chi connectivity index (χ0n) is 17.2. The van der Waals surface area contributed by atoms with Gasteiger partial charge in [0.15, 0.2) is 0 Å². The number of ether oxygens (including phenoxy) is 2. The molecule has 1 atom stereocenters. The van der Waals surface area contributed by atoms with Crippen LogP contribution in [0.15, 0.2) is 48.5 Å². The zero-order valence-corrected chi connectivity index (χ0v) is 17.2. The summed E-state index contributed by atoms with van der Waals surface area (Å²) in [5, 5.41) is 2.87. The van der Waals surface area contributed by atoms with Crippen LogP contribution in [0.2, 0.25) is 0 Å². The Morgan fingerprint density at radius 3 is 2.59 bits per heavy atom. The molecule has 6 nitrogen and oxygen atoms in total. The predicted molar refractivity (Wildman–Crippen MR) is 112 cm³/mol. The minimum atomic E-state index is -0.143. The first-order valence-corrected chi connectivity index (χ1v) is 10.0. The highest BCUT2D eigenvalue weighted by Crippen LogP contribution is 2.33. The summed E-state index contributed by atoms with van der Waals surface area (Å²) in [4.78, 5) is 26.6. The highest BCUT2D eigenvalue weighted by Gasteiger charge is 2.27. The number of anilines is 1. The molecule has 1 aliphatic heterocycles. The lowest BCUT2D eigenvalue weighted by Crippen LogP contribution is -2.42. The molecule has 2 amide bonds. The van der Waals surface area contributed by atoms with Gasteiger partial charge in [-0.2, -0.15) is 0 Å². The minimum Gasteiger partial charge on any atom is -0.491 e. The van der Waals surface area contributed by atoms with E-state index in [1.807, 2.05) is 69.3 Å². The summed E-state index contributed by atoms with van der Waals surface area (Å²) in [6.45, 7) is 6.80. The van der Waals surface area contributed by atoms with E-state index in [0.29, 0.717) is 18.8 Å². The topological polar surface area (TPSA) is 67.9 Å². The second kappa shape index (κ2) is 9.45. The van der Waals surface area contributed by atoms with Crippen molar-refractivity contribution in [1.29, 1.82) is 0 Å². The lowest BCUT2D eigenvalue weighted by Gasteiger charge is -2.33. The molecular weight excluding hydrogens is 368 g/mol. The Morgan fingerprint density at radius 1 is 1.14 bits per heavy atom. The number of benzene rings is 2. The van der Waals surface area contributed by atoms with Gasteiger partial charge in [0.1, 0.15) is 17.6 Å². The zero-order chi connectivity index (χ0) is 20.8. The van der Waals surface area contributed by atoms with E-state index in [1.165, 1.54) is 0 Å². The van der Waals surface area contributed by atoms with Crippen molar-refractivity contribution in [3.8, 4) is 11.5 Å². The van der Waals surface area contributed by atoms with Crippen molar-refractivity contribution < 1.29 is 19.1 Å². The van der Waals surface area contributed by atoms with Gasteiger partial charge < -0.3 is 19.7 Å². The predicted octanol–water partition coefficient (Wildman–Crippen LogP) is 3.68. The molecular formula is C23H28N2O4. The number of hydrogen-bond acceptors (Lipinski definition) is 4. The molecule has 1 aliphatic rings. The molecule has 29 heavy (non-hydrogen) atoms. The van der Waals surface area contributed by atoms with Crippen molar-refractivity contribution in [2.75, 3.05) is 11.4 Å². The molecule has 0 aromatic heterocycles. The van der Waals surface area contributed by atoms with Crippen LogP contribution >= 0.6 is 0 Å². The SMILES string of the molecule is CC(C)Oc1ccc(CNC(=O)CCC(=O)N2C[C@H](C)Oc3ccccc32)cc1. The van der Waals surface area contributed by atoms with Crippen LogP contribution in [0, 0.1) is 0 Å². The maximum Gasteiger partial charge on any atom is 0.227 e. The van der Waals surface area contributed by atoms with E-state index in [-0.39, 0.29) is 36.9 Å². The highest BCUT2D eigenvalue weighted by atomic mass is 16.5. The molecule has 154 valence electrons. The van der Waals surface area contributed by atoms with Gasteiger partial charge in [0, 0.05) is 19.4 Å². The number of nitrogens with one attached hydrogen (secondary N) is 1. The normalized spacial score (nSPS) is 15.4. The molecule has 0 spiro atoms. The summed E-state index contributed by atoms with van der Waals surface area (Å²) in [5.74, 6) is 1.29. The van der Waals surface area contributed by atoms with Crippen LogP contribution in [-0.4, -0.2) is 30.6 Å². The van der Waals surface area contributed by atoms with E-state index >= 15 is 0 Å². The summed E-state index contributed by atoms with van der Waals surface area (Å²) < 4.78 is 11.4. The fourth-order valence-electron chi connectivity index (χ4n) is 3.23. The molecule has 3 rings (SSSR count). The smallest absolute Gasteiger partial charge is 0.227 e. The van der Waals surface area contributed by atoms with Gasteiger partial charge in [-0.3, -0.25) is 9.59 Å². The largest absolute Gasteiger partial charge is 0.491 e. The Hall–Kier alpha value is -3.02. The van der Waals surface area contributed by atoms with Crippen molar-refractivity contribution in [3.05, 3.63) is 54.1 Å². The van der Waals surface area contributed by atoms with Crippen LogP contribution in [0.5, 0.6) is 11.5 Å². The van der Waals surface area contributed by atoms with Gasteiger partial charge in [-0.1, -0.05) is 24.3 Å². The Morgan fingerprint density at radius 2 is 1.86 bits per heavy atom. The third-order valence-corrected chi connectivity index (χ3v) is 4.58. The fraction of sp³-hybridized carbons (Fsp3) is 0.391. The molecule has 0 radical (unpaired) electrons. The Balaban J connectivity index is 1.48. The lowest BCUT2D eigenvalue weighted by molar-refractivity contribution is -0.125. The third-order valence-electron chi connectivity index (χ3n) is 4.58. The first-order valence-electron chi connectivity index (χ1n) is 10.0. The molecule has 2 aromatic rings. The van der Waals surface area contributed by atoms with Gasteiger partial charge in [0.2, 0.25) is 11.8 Å². The molecule has 0 unspecified atom stereocenters. The maximum atomic E-state index is 12.7. The van der Waals surface area contributed by atoms with Crippen LogP contribution in [-0.2, 0) is 16.1 Å². The van der Waals surface area contributed by atoms with E-state index in [0.717, 1.165) is 17.0 Å². The molecule has 1 N–H and O–H groups in total. The molecule has 1 heterocycles. The molecule has 0 saturated carbocycles. The number of carbonyl (C=O) groups is 2. The monoisotopic (exact) mass is 396 g/mol. The number of rotatable bonds is 7. The van der Waals surface area contributed by atoms with Crippen molar-refractivity contribution in [1.82, 2.24) is 5.32 Å². The first kappa shape index (κ1) is 20.7. The highest BCUT2D eigenvalue weighted by molar-refractivity contribution is 5.97. The Bertz CT molecular complexity index is 848.